The van der Waals surface area contributed by atoms with Crippen LogP contribution in [0.3, 0.4) is 0 Å². The summed E-state index contributed by atoms with van der Waals surface area (Å²) < 4.78 is 12.9. The highest BCUT2D eigenvalue weighted by Gasteiger charge is 2.25. The molecule has 7 heteroatoms. The summed E-state index contributed by atoms with van der Waals surface area (Å²) in [5, 5.41) is 5.02. The number of furan rings is 1. The lowest BCUT2D eigenvalue weighted by atomic mass is 10.1. The number of ketones is 1. The van der Waals surface area contributed by atoms with E-state index >= 15 is 0 Å². The summed E-state index contributed by atoms with van der Waals surface area (Å²) in [4.78, 5) is 26.7. The van der Waals surface area contributed by atoms with Gasteiger partial charge in [0.2, 0.25) is 5.78 Å². The maximum absolute atomic E-state index is 13.3. The van der Waals surface area contributed by atoms with Gasteiger partial charge in [0.1, 0.15) is 17.0 Å². The molecular weight excluding hydrogens is 440 g/mol. The fraction of sp³-hybridized carbons (Fsp3) is 0.0769. The molecule has 0 unspecified atom stereocenters. The lowest BCUT2D eigenvalue weighted by Gasteiger charge is -2.08. The summed E-state index contributed by atoms with van der Waals surface area (Å²) in [5.74, 6) is -0.114. The van der Waals surface area contributed by atoms with Gasteiger partial charge in [0.15, 0.2) is 5.76 Å². The SMILES string of the molecule is COc1cccc(C(=O)c2oc3ccccc3c2NC(=O)c2cc3ccc(Cl)cc3n2C)c1. The van der Waals surface area contributed by atoms with Crippen molar-refractivity contribution in [1.29, 1.82) is 0 Å². The van der Waals surface area contributed by atoms with Crippen molar-refractivity contribution < 1.29 is 18.7 Å². The molecule has 1 N–H and O–H groups in total. The highest BCUT2D eigenvalue weighted by Crippen LogP contribution is 2.34. The van der Waals surface area contributed by atoms with Crippen LogP contribution in [-0.4, -0.2) is 23.4 Å². The van der Waals surface area contributed by atoms with Crippen LogP contribution in [0.4, 0.5) is 5.69 Å². The zero-order chi connectivity index (χ0) is 23.1. The molecule has 2 aromatic heterocycles. The third-order valence-electron chi connectivity index (χ3n) is 5.61. The standard InChI is InChI=1S/C26H19ClN2O4/c1-29-20-14-17(27)11-10-15(20)13-21(29)26(31)28-23-19-8-3-4-9-22(19)33-25(23)24(30)16-6-5-7-18(12-16)32-2/h3-14H,1-2H3,(H,28,31). The number of benzene rings is 3. The number of halogens is 1. The van der Waals surface area contributed by atoms with Crippen molar-refractivity contribution in [2.24, 2.45) is 7.05 Å². The first-order valence-corrected chi connectivity index (χ1v) is 10.6. The topological polar surface area (TPSA) is 73.5 Å². The fourth-order valence-corrected chi connectivity index (χ4v) is 4.09. The van der Waals surface area contributed by atoms with E-state index in [9.17, 15) is 9.59 Å². The molecule has 0 bridgehead atoms. The summed E-state index contributed by atoms with van der Waals surface area (Å²) >= 11 is 6.12. The first kappa shape index (κ1) is 20.8. The molecule has 0 atom stereocenters. The van der Waals surface area contributed by atoms with Crippen LogP contribution >= 0.6 is 11.6 Å². The Labute approximate surface area is 194 Å². The summed E-state index contributed by atoms with van der Waals surface area (Å²) in [6.45, 7) is 0. The number of hydrogen-bond acceptors (Lipinski definition) is 4. The van der Waals surface area contributed by atoms with Gasteiger partial charge in [0, 0.05) is 33.9 Å². The minimum absolute atomic E-state index is 0.0552. The minimum atomic E-state index is -0.365. The molecule has 5 aromatic rings. The van der Waals surface area contributed by atoms with E-state index < -0.39 is 0 Å². The summed E-state index contributed by atoms with van der Waals surface area (Å²) in [5.41, 5.74) is 2.48. The third-order valence-corrected chi connectivity index (χ3v) is 5.85. The van der Waals surface area contributed by atoms with Gasteiger partial charge in [0.25, 0.3) is 5.91 Å². The van der Waals surface area contributed by atoms with Crippen LogP contribution < -0.4 is 10.1 Å². The summed E-state index contributed by atoms with van der Waals surface area (Å²) in [7, 11) is 3.33. The lowest BCUT2D eigenvalue weighted by molar-refractivity contribution is 0.101. The van der Waals surface area contributed by atoms with Crippen molar-refractivity contribution in [3.63, 3.8) is 0 Å². The van der Waals surface area contributed by atoms with E-state index in [0.29, 0.717) is 38.7 Å². The van der Waals surface area contributed by atoms with Crippen LogP contribution in [-0.2, 0) is 7.05 Å². The number of hydrogen-bond donors (Lipinski definition) is 1. The van der Waals surface area contributed by atoms with Crippen molar-refractivity contribution in [3.8, 4) is 5.75 Å². The van der Waals surface area contributed by atoms with Gasteiger partial charge in [-0.25, -0.2) is 0 Å². The molecule has 33 heavy (non-hydrogen) atoms. The Hall–Kier alpha value is -4.03. The maximum atomic E-state index is 13.3. The third kappa shape index (κ3) is 3.64. The molecule has 0 fully saturated rings. The second kappa shape index (κ2) is 8.15. The van der Waals surface area contributed by atoms with Gasteiger partial charge in [-0.1, -0.05) is 41.9 Å². The van der Waals surface area contributed by atoms with Gasteiger partial charge < -0.3 is 19.0 Å². The minimum Gasteiger partial charge on any atom is -0.497 e. The van der Waals surface area contributed by atoms with Gasteiger partial charge >= 0.3 is 0 Å². The average Bonchev–Trinajstić information content (AvgIpc) is 3.36. The number of amides is 1. The Bertz CT molecular complexity index is 1550. The number of ether oxygens (including phenoxy) is 1. The molecule has 1 amide bonds. The lowest BCUT2D eigenvalue weighted by Crippen LogP contribution is -2.17. The van der Waals surface area contributed by atoms with Crippen LogP contribution in [0.25, 0.3) is 21.9 Å². The molecular formula is C26H19ClN2O4. The normalized spacial score (nSPS) is 11.1. The van der Waals surface area contributed by atoms with E-state index in [1.165, 1.54) is 7.11 Å². The number of aromatic nitrogens is 1. The van der Waals surface area contributed by atoms with Gasteiger partial charge in [-0.2, -0.15) is 0 Å². The molecule has 0 aliphatic heterocycles. The van der Waals surface area contributed by atoms with E-state index in [0.717, 1.165) is 10.9 Å². The molecule has 0 spiro atoms. The zero-order valence-corrected chi connectivity index (χ0v) is 18.6. The molecule has 3 aromatic carbocycles. The Balaban J connectivity index is 1.59. The first-order chi connectivity index (χ1) is 16.0. The van der Waals surface area contributed by atoms with E-state index in [1.54, 1.807) is 66.2 Å². The van der Waals surface area contributed by atoms with Crippen molar-refractivity contribution in [1.82, 2.24) is 4.57 Å². The number of methoxy groups -OCH3 is 1. The van der Waals surface area contributed by atoms with Gasteiger partial charge in [0.05, 0.1) is 12.8 Å². The number of nitrogens with zero attached hydrogens (tertiary/aromatic N) is 1. The van der Waals surface area contributed by atoms with E-state index in [1.807, 2.05) is 18.2 Å². The maximum Gasteiger partial charge on any atom is 0.272 e. The van der Waals surface area contributed by atoms with E-state index in [4.69, 9.17) is 20.8 Å². The zero-order valence-electron chi connectivity index (χ0n) is 17.9. The number of carbonyl (C=O) groups excluding carboxylic acids is 2. The van der Waals surface area contributed by atoms with Crippen molar-refractivity contribution in [2.45, 2.75) is 0 Å². The van der Waals surface area contributed by atoms with Crippen molar-refractivity contribution >= 4 is 50.9 Å². The quantitative estimate of drug-likeness (QED) is 0.324. The van der Waals surface area contributed by atoms with Crippen molar-refractivity contribution in [2.75, 3.05) is 12.4 Å². The Morgan fingerprint density at radius 1 is 1.00 bits per heavy atom. The van der Waals surface area contributed by atoms with Crippen LogP contribution in [0, 0.1) is 0 Å². The van der Waals surface area contributed by atoms with Crippen molar-refractivity contribution in [3.05, 3.63) is 94.8 Å². The summed E-state index contributed by atoms with van der Waals surface area (Å²) in [6, 6.07) is 21.2. The number of aryl methyl sites for hydroxylation is 1. The van der Waals surface area contributed by atoms with Crippen LogP contribution in [0.5, 0.6) is 5.75 Å². The number of fused-ring (bicyclic) bond motifs is 2. The van der Waals surface area contributed by atoms with Gasteiger partial charge in [-0.15, -0.1) is 0 Å². The molecule has 0 aliphatic carbocycles. The number of rotatable bonds is 5. The molecule has 2 heterocycles. The largest absolute Gasteiger partial charge is 0.497 e. The van der Waals surface area contributed by atoms with E-state index in [2.05, 4.69) is 5.32 Å². The number of carbonyl (C=O) groups is 2. The Morgan fingerprint density at radius 2 is 1.82 bits per heavy atom. The van der Waals surface area contributed by atoms with Crippen LogP contribution in [0.2, 0.25) is 5.02 Å². The molecule has 0 radical (unpaired) electrons. The highest BCUT2D eigenvalue weighted by atomic mass is 35.5. The predicted molar refractivity (Wildman–Crippen MR) is 129 cm³/mol. The number of anilines is 1. The smallest absolute Gasteiger partial charge is 0.272 e. The molecule has 5 rings (SSSR count). The van der Waals surface area contributed by atoms with E-state index in [-0.39, 0.29) is 17.5 Å². The average molecular weight is 459 g/mol. The second-order valence-corrected chi connectivity index (χ2v) is 8.05. The highest BCUT2D eigenvalue weighted by molar-refractivity contribution is 6.31. The fourth-order valence-electron chi connectivity index (χ4n) is 3.92. The predicted octanol–water partition coefficient (Wildman–Crippen LogP) is 6.07. The monoisotopic (exact) mass is 458 g/mol. The Morgan fingerprint density at radius 3 is 2.64 bits per heavy atom. The van der Waals surface area contributed by atoms with Gasteiger partial charge in [-0.3, -0.25) is 9.59 Å². The number of nitrogens with one attached hydrogen (secondary N) is 1. The number of para-hydroxylation sites is 1. The van der Waals surface area contributed by atoms with Crippen LogP contribution in [0.1, 0.15) is 26.6 Å². The Kier molecular flexibility index (Phi) is 5.15. The van der Waals surface area contributed by atoms with Gasteiger partial charge in [-0.05, 0) is 42.5 Å². The molecule has 6 nitrogen and oxygen atoms in total. The first-order valence-electron chi connectivity index (χ1n) is 10.2. The molecule has 0 aliphatic rings. The second-order valence-electron chi connectivity index (χ2n) is 7.61. The molecule has 0 saturated heterocycles. The summed E-state index contributed by atoms with van der Waals surface area (Å²) in [6.07, 6.45) is 0. The van der Waals surface area contributed by atoms with Crippen LogP contribution in [0.15, 0.2) is 77.2 Å². The molecule has 164 valence electrons. The molecule has 0 saturated carbocycles.